The summed E-state index contributed by atoms with van der Waals surface area (Å²) in [6.45, 7) is 3.24. The molecule has 0 radical (unpaired) electrons. The van der Waals surface area contributed by atoms with Crippen LogP contribution in [0.1, 0.15) is 39.0 Å². The van der Waals surface area contributed by atoms with Crippen LogP contribution in [0.3, 0.4) is 0 Å². The predicted octanol–water partition coefficient (Wildman–Crippen LogP) is 5.49. The first kappa shape index (κ1) is 29.1. The van der Waals surface area contributed by atoms with E-state index in [0.29, 0.717) is 47.8 Å². The monoisotopic (exact) mass is 613 g/mol. The molecule has 0 N–H and O–H groups in total. The van der Waals surface area contributed by atoms with Gasteiger partial charge in [0.2, 0.25) is 0 Å². The molecular weight excluding hydrogens is 582 g/mol. The normalized spacial score (nSPS) is 12.6. The van der Waals surface area contributed by atoms with E-state index in [1.54, 1.807) is 60.7 Å². The van der Waals surface area contributed by atoms with Crippen molar-refractivity contribution in [3.05, 3.63) is 88.4 Å². The lowest BCUT2D eigenvalue weighted by Crippen LogP contribution is -2.35. The van der Waals surface area contributed by atoms with Gasteiger partial charge in [-0.3, -0.25) is 0 Å². The summed E-state index contributed by atoms with van der Waals surface area (Å²) >= 11 is 1.57. The molecule has 5 aromatic rings. The first-order valence-electron chi connectivity index (χ1n) is 14.1. The van der Waals surface area contributed by atoms with Gasteiger partial charge in [-0.25, -0.2) is 14.6 Å². The van der Waals surface area contributed by atoms with Crippen molar-refractivity contribution in [2.24, 2.45) is 0 Å². The van der Waals surface area contributed by atoms with Gasteiger partial charge in [0.05, 0.1) is 45.2 Å². The van der Waals surface area contributed by atoms with Crippen molar-refractivity contribution in [2.75, 3.05) is 27.4 Å². The molecular formula is C32H31N5O6S. The molecule has 6 rings (SSSR count). The molecule has 11 nitrogen and oxygen atoms in total. The number of pyridine rings is 1. The third-order valence-electron chi connectivity index (χ3n) is 7.47. The van der Waals surface area contributed by atoms with Crippen molar-refractivity contribution < 1.29 is 28.5 Å². The van der Waals surface area contributed by atoms with Crippen molar-refractivity contribution in [1.82, 2.24) is 24.6 Å². The number of hydrogen-bond acceptors (Lipinski definition) is 10. The summed E-state index contributed by atoms with van der Waals surface area (Å²) < 4.78 is 24.2. The average molecular weight is 614 g/mol. The van der Waals surface area contributed by atoms with Crippen LogP contribution in [-0.2, 0) is 35.6 Å². The molecule has 0 aliphatic carbocycles. The standard InChI is InChI=1S/C32H31N5O6S/c1-4-42-31(38)29-23(16-36-18-33-34-19-36)35-30-28(27(29)21-10-11-24(40-2)25(14-21)41-3)22-15-37(13-12-26(22)44-30)32(39)43-17-20-8-6-5-7-9-20/h5-11,14,18-19H,4,12-13,15-17H2,1-3H3. The van der Waals surface area contributed by atoms with Crippen molar-refractivity contribution in [3.8, 4) is 22.6 Å². The number of thiophene rings is 1. The third-order valence-corrected chi connectivity index (χ3v) is 8.65. The smallest absolute Gasteiger partial charge is 0.410 e. The number of methoxy groups -OCH3 is 2. The number of amides is 1. The van der Waals surface area contributed by atoms with Gasteiger partial charge in [0.15, 0.2) is 11.5 Å². The van der Waals surface area contributed by atoms with E-state index in [1.807, 2.05) is 42.5 Å². The van der Waals surface area contributed by atoms with E-state index in [9.17, 15) is 9.59 Å². The lowest BCUT2D eigenvalue weighted by Gasteiger charge is -2.27. The van der Waals surface area contributed by atoms with E-state index >= 15 is 0 Å². The lowest BCUT2D eigenvalue weighted by atomic mass is 9.92. The van der Waals surface area contributed by atoms with Crippen LogP contribution in [0.25, 0.3) is 21.3 Å². The molecule has 0 atom stereocenters. The van der Waals surface area contributed by atoms with Gasteiger partial charge in [-0.15, -0.1) is 21.5 Å². The van der Waals surface area contributed by atoms with Gasteiger partial charge in [0.25, 0.3) is 0 Å². The maximum atomic E-state index is 13.8. The maximum Gasteiger partial charge on any atom is 0.410 e. The minimum absolute atomic E-state index is 0.186. The SMILES string of the molecule is CCOC(=O)c1c(Cn2cnnc2)nc2sc3c(c2c1-c1ccc(OC)c(OC)c1)CN(C(=O)OCc1ccccc1)CC3. The number of ether oxygens (including phenoxy) is 4. The Morgan fingerprint density at radius 3 is 2.48 bits per heavy atom. The summed E-state index contributed by atoms with van der Waals surface area (Å²) in [7, 11) is 3.14. The molecule has 0 fully saturated rings. The van der Waals surface area contributed by atoms with Crippen molar-refractivity contribution in [2.45, 2.75) is 33.0 Å². The van der Waals surface area contributed by atoms with E-state index in [2.05, 4.69) is 10.2 Å². The van der Waals surface area contributed by atoms with Crippen LogP contribution in [0.15, 0.2) is 61.2 Å². The molecule has 0 saturated heterocycles. The molecule has 3 aromatic heterocycles. The Labute approximate surface area is 258 Å². The Morgan fingerprint density at radius 1 is 0.977 bits per heavy atom. The van der Waals surface area contributed by atoms with Gasteiger partial charge < -0.3 is 28.4 Å². The van der Waals surface area contributed by atoms with Crippen LogP contribution >= 0.6 is 11.3 Å². The maximum absolute atomic E-state index is 13.8. The van der Waals surface area contributed by atoms with Crippen molar-refractivity contribution >= 4 is 33.6 Å². The topological polar surface area (TPSA) is 118 Å². The Balaban J connectivity index is 1.50. The Morgan fingerprint density at radius 2 is 1.75 bits per heavy atom. The predicted molar refractivity (Wildman–Crippen MR) is 164 cm³/mol. The number of aromatic nitrogens is 4. The number of nitrogens with zero attached hydrogens (tertiary/aromatic N) is 5. The average Bonchev–Trinajstić information content (AvgIpc) is 3.70. The second kappa shape index (κ2) is 12.7. The van der Waals surface area contributed by atoms with E-state index in [0.717, 1.165) is 31.8 Å². The van der Waals surface area contributed by atoms with Gasteiger partial charge in [-0.1, -0.05) is 36.4 Å². The van der Waals surface area contributed by atoms with E-state index < -0.39 is 12.1 Å². The van der Waals surface area contributed by atoms with Crippen molar-refractivity contribution in [1.29, 1.82) is 0 Å². The number of hydrogen-bond donors (Lipinski definition) is 0. The summed E-state index contributed by atoms with van der Waals surface area (Å²) in [6, 6.07) is 15.1. The fourth-order valence-electron chi connectivity index (χ4n) is 5.42. The highest BCUT2D eigenvalue weighted by molar-refractivity contribution is 7.19. The second-order valence-electron chi connectivity index (χ2n) is 10.1. The number of rotatable bonds is 9. The molecule has 0 bridgehead atoms. The van der Waals surface area contributed by atoms with Crippen LogP contribution in [-0.4, -0.2) is 64.1 Å². The fourth-order valence-corrected chi connectivity index (χ4v) is 6.62. The molecule has 2 aromatic carbocycles. The zero-order valence-electron chi connectivity index (χ0n) is 24.6. The summed E-state index contributed by atoms with van der Waals surface area (Å²) in [6.07, 6.45) is 3.40. The van der Waals surface area contributed by atoms with Crippen LogP contribution in [0, 0.1) is 0 Å². The molecule has 0 saturated carbocycles. The Kier molecular flexibility index (Phi) is 8.42. The fraction of sp³-hybridized carbons (Fsp3) is 0.281. The Hall–Kier alpha value is -4.97. The first-order chi connectivity index (χ1) is 21.5. The number of carbonyl (C=O) groups excluding carboxylic acids is 2. The van der Waals surface area contributed by atoms with Gasteiger partial charge in [-0.05, 0) is 42.2 Å². The minimum atomic E-state index is -0.496. The zero-order chi connectivity index (χ0) is 30.6. The number of esters is 1. The molecule has 44 heavy (non-hydrogen) atoms. The molecule has 1 aliphatic heterocycles. The summed E-state index contributed by atoms with van der Waals surface area (Å²) in [5.74, 6) is 0.577. The van der Waals surface area contributed by atoms with Crippen LogP contribution < -0.4 is 9.47 Å². The van der Waals surface area contributed by atoms with Gasteiger partial charge in [-0.2, -0.15) is 0 Å². The van der Waals surface area contributed by atoms with Crippen molar-refractivity contribution in [3.63, 3.8) is 0 Å². The molecule has 0 spiro atoms. The molecule has 12 heteroatoms. The highest BCUT2D eigenvalue weighted by Gasteiger charge is 2.32. The van der Waals surface area contributed by atoms with Crippen LogP contribution in [0.5, 0.6) is 11.5 Å². The first-order valence-corrected chi connectivity index (χ1v) is 15.0. The molecule has 1 amide bonds. The summed E-state index contributed by atoms with van der Waals surface area (Å²) in [5.41, 5.74) is 4.11. The minimum Gasteiger partial charge on any atom is -0.493 e. The highest BCUT2D eigenvalue weighted by atomic mass is 32.1. The number of benzene rings is 2. The molecule has 1 aliphatic rings. The van der Waals surface area contributed by atoms with Gasteiger partial charge in [0, 0.05) is 22.4 Å². The zero-order valence-corrected chi connectivity index (χ0v) is 25.4. The van der Waals surface area contributed by atoms with E-state index in [1.165, 1.54) is 0 Å². The molecule has 226 valence electrons. The highest BCUT2D eigenvalue weighted by Crippen LogP contribution is 2.44. The van der Waals surface area contributed by atoms with E-state index in [-0.39, 0.29) is 19.8 Å². The summed E-state index contributed by atoms with van der Waals surface area (Å²) in [5, 5.41) is 8.64. The van der Waals surface area contributed by atoms with Gasteiger partial charge >= 0.3 is 12.1 Å². The molecule has 4 heterocycles. The lowest BCUT2D eigenvalue weighted by molar-refractivity contribution is 0.0525. The van der Waals surface area contributed by atoms with Gasteiger partial charge in [0.1, 0.15) is 24.1 Å². The molecule has 0 unspecified atom stereocenters. The quantitative estimate of drug-likeness (QED) is 0.199. The van der Waals surface area contributed by atoms with Crippen LogP contribution in [0.2, 0.25) is 0 Å². The summed E-state index contributed by atoms with van der Waals surface area (Å²) in [4.78, 5) is 35.5. The third kappa shape index (κ3) is 5.68. The largest absolute Gasteiger partial charge is 0.493 e. The van der Waals surface area contributed by atoms with E-state index in [4.69, 9.17) is 23.9 Å². The van der Waals surface area contributed by atoms with Crippen LogP contribution in [0.4, 0.5) is 4.79 Å². The number of carbonyl (C=O) groups is 2. The Bertz CT molecular complexity index is 1810. The second-order valence-corrected chi connectivity index (χ2v) is 11.2. The number of fused-ring (bicyclic) bond motifs is 3.